The fourth-order valence-corrected chi connectivity index (χ4v) is 1.57. The average Bonchev–Trinajstić information content (AvgIpc) is 2.81. The smallest absolute Gasteiger partial charge is 0.257 e. The van der Waals surface area contributed by atoms with Gasteiger partial charge in [0.15, 0.2) is 5.82 Å². The van der Waals surface area contributed by atoms with Gasteiger partial charge in [0.05, 0.1) is 0 Å². The molecule has 2 N–H and O–H groups in total. The summed E-state index contributed by atoms with van der Waals surface area (Å²) in [5.41, 5.74) is 1.04. The summed E-state index contributed by atoms with van der Waals surface area (Å²) >= 11 is 0. The summed E-state index contributed by atoms with van der Waals surface area (Å²) in [6, 6.07) is 4.67. The first-order valence-electron chi connectivity index (χ1n) is 6.00. The lowest BCUT2D eigenvalue weighted by molar-refractivity contribution is 0.102. The molecule has 2 aromatic rings. The maximum Gasteiger partial charge on any atom is 0.257 e. The minimum absolute atomic E-state index is 0.224. The molecule has 0 radical (unpaired) electrons. The zero-order valence-electron chi connectivity index (χ0n) is 11.1. The number of carbonyl (C=O) groups is 1. The number of amides is 1. The van der Waals surface area contributed by atoms with Crippen LogP contribution in [0.3, 0.4) is 0 Å². The van der Waals surface area contributed by atoms with Gasteiger partial charge in [0.1, 0.15) is 0 Å². The molecule has 2 rings (SSSR count). The third-order valence-electron chi connectivity index (χ3n) is 2.83. The van der Waals surface area contributed by atoms with Crippen LogP contribution in [-0.4, -0.2) is 20.7 Å². The molecule has 0 atom stereocenters. The first kappa shape index (κ1) is 13.1. The predicted octanol–water partition coefficient (Wildman–Crippen LogP) is 1.48. The third-order valence-corrected chi connectivity index (χ3v) is 2.83. The Kier molecular flexibility index (Phi) is 3.50. The van der Waals surface area contributed by atoms with Crippen molar-refractivity contribution in [3.05, 3.63) is 46.0 Å². The van der Waals surface area contributed by atoms with E-state index in [9.17, 15) is 9.59 Å². The van der Waals surface area contributed by atoms with Crippen molar-refractivity contribution >= 4 is 11.7 Å². The van der Waals surface area contributed by atoms with E-state index in [1.807, 2.05) is 13.8 Å². The summed E-state index contributed by atoms with van der Waals surface area (Å²) in [5.74, 6) is 0.413. The highest BCUT2D eigenvalue weighted by atomic mass is 16.2. The maximum atomic E-state index is 11.9. The van der Waals surface area contributed by atoms with Crippen molar-refractivity contribution in [1.29, 1.82) is 0 Å². The molecule has 0 saturated heterocycles. The van der Waals surface area contributed by atoms with Crippen LogP contribution in [0, 0.1) is 0 Å². The van der Waals surface area contributed by atoms with Crippen molar-refractivity contribution in [1.82, 2.24) is 14.8 Å². The Bertz CT molecular complexity index is 655. The number of aryl methyl sites for hydroxylation is 1. The summed E-state index contributed by atoms with van der Waals surface area (Å²) in [6.45, 7) is 4.06. The van der Waals surface area contributed by atoms with Gasteiger partial charge in [-0.15, -0.1) is 0 Å². The van der Waals surface area contributed by atoms with E-state index in [-0.39, 0.29) is 11.5 Å². The van der Waals surface area contributed by atoms with E-state index in [2.05, 4.69) is 15.5 Å². The lowest BCUT2D eigenvalue weighted by Gasteiger charge is -2.02. The SMILES string of the molecule is CC(C)c1cc(NC(=O)c2ccn(C)c(=O)c2)n[nH]1. The van der Waals surface area contributed by atoms with Crippen LogP contribution in [0.2, 0.25) is 0 Å². The Balaban J connectivity index is 2.15. The molecule has 0 aliphatic heterocycles. The molecular weight excluding hydrogens is 244 g/mol. The average molecular weight is 260 g/mol. The highest BCUT2D eigenvalue weighted by Crippen LogP contribution is 2.15. The molecule has 6 nitrogen and oxygen atoms in total. The van der Waals surface area contributed by atoms with Gasteiger partial charge in [-0.2, -0.15) is 5.10 Å². The minimum atomic E-state index is -0.348. The Morgan fingerprint density at radius 3 is 2.74 bits per heavy atom. The van der Waals surface area contributed by atoms with Crippen LogP contribution < -0.4 is 10.9 Å². The Labute approximate surface area is 110 Å². The topological polar surface area (TPSA) is 79.8 Å². The summed E-state index contributed by atoms with van der Waals surface area (Å²) < 4.78 is 1.40. The monoisotopic (exact) mass is 260 g/mol. The Morgan fingerprint density at radius 1 is 1.42 bits per heavy atom. The number of hydrogen-bond donors (Lipinski definition) is 2. The van der Waals surface area contributed by atoms with Crippen molar-refractivity contribution in [3.63, 3.8) is 0 Å². The molecule has 6 heteroatoms. The maximum absolute atomic E-state index is 11.9. The number of H-pyrrole nitrogens is 1. The van der Waals surface area contributed by atoms with Crippen molar-refractivity contribution in [2.24, 2.45) is 7.05 Å². The van der Waals surface area contributed by atoms with Gasteiger partial charge in [-0.3, -0.25) is 14.7 Å². The van der Waals surface area contributed by atoms with E-state index in [1.54, 1.807) is 25.4 Å². The van der Waals surface area contributed by atoms with E-state index in [0.717, 1.165) is 5.69 Å². The van der Waals surface area contributed by atoms with Crippen LogP contribution in [0.1, 0.15) is 35.8 Å². The van der Waals surface area contributed by atoms with Crippen molar-refractivity contribution in [2.45, 2.75) is 19.8 Å². The summed E-state index contributed by atoms with van der Waals surface area (Å²) in [4.78, 5) is 23.4. The molecule has 0 fully saturated rings. The molecule has 0 spiro atoms. The van der Waals surface area contributed by atoms with Gasteiger partial charge in [0.2, 0.25) is 0 Å². The molecule has 0 aliphatic rings. The summed E-state index contributed by atoms with van der Waals surface area (Å²) in [6.07, 6.45) is 1.56. The molecule has 2 heterocycles. The van der Waals surface area contributed by atoms with Crippen molar-refractivity contribution in [2.75, 3.05) is 5.32 Å². The number of nitrogens with zero attached hydrogens (tertiary/aromatic N) is 2. The number of nitrogens with one attached hydrogen (secondary N) is 2. The fraction of sp³-hybridized carbons (Fsp3) is 0.308. The first-order valence-corrected chi connectivity index (χ1v) is 6.00. The van der Waals surface area contributed by atoms with Gasteiger partial charge in [0.25, 0.3) is 11.5 Å². The molecule has 0 saturated carbocycles. The fourth-order valence-electron chi connectivity index (χ4n) is 1.57. The van der Waals surface area contributed by atoms with Gasteiger partial charge < -0.3 is 9.88 Å². The standard InChI is InChI=1S/C13H16N4O2/c1-8(2)10-7-11(16-15-10)14-13(19)9-4-5-17(3)12(18)6-9/h4-8H,1-3H3,(H2,14,15,16,19). The number of hydrogen-bond acceptors (Lipinski definition) is 3. The lowest BCUT2D eigenvalue weighted by Crippen LogP contribution is -2.20. The van der Waals surface area contributed by atoms with E-state index in [4.69, 9.17) is 0 Å². The Morgan fingerprint density at radius 2 is 2.16 bits per heavy atom. The molecule has 0 aliphatic carbocycles. The zero-order valence-corrected chi connectivity index (χ0v) is 11.1. The number of anilines is 1. The minimum Gasteiger partial charge on any atom is -0.319 e. The molecule has 0 unspecified atom stereocenters. The quantitative estimate of drug-likeness (QED) is 0.877. The van der Waals surface area contributed by atoms with Crippen molar-refractivity contribution in [3.8, 4) is 0 Å². The molecular formula is C13H16N4O2. The van der Waals surface area contributed by atoms with E-state index >= 15 is 0 Å². The predicted molar refractivity (Wildman–Crippen MR) is 72.3 cm³/mol. The molecule has 0 bridgehead atoms. The van der Waals surface area contributed by atoms with Crippen LogP contribution in [0.4, 0.5) is 5.82 Å². The Hall–Kier alpha value is -2.37. The van der Waals surface area contributed by atoms with Crippen LogP contribution in [0.25, 0.3) is 0 Å². The van der Waals surface area contributed by atoms with E-state index < -0.39 is 0 Å². The second-order valence-electron chi connectivity index (χ2n) is 4.68. The molecule has 0 aromatic carbocycles. The van der Waals surface area contributed by atoms with Crippen LogP contribution >= 0.6 is 0 Å². The number of rotatable bonds is 3. The number of pyridine rings is 1. The van der Waals surface area contributed by atoms with Crippen molar-refractivity contribution < 1.29 is 4.79 Å². The summed E-state index contributed by atoms with van der Waals surface area (Å²) in [5, 5.41) is 9.51. The van der Waals surface area contributed by atoms with Gasteiger partial charge in [0, 0.05) is 36.6 Å². The van der Waals surface area contributed by atoms with Crippen LogP contribution in [0.15, 0.2) is 29.2 Å². The highest BCUT2D eigenvalue weighted by Gasteiger charge is 2.10. The molecule has 2 aromatic heterocycles. The normalized spacial score (nSPS) is 10.7. The van der Waals surface area contributed by atoms with Crippen LogP contribution in [-0.2, 0) is 7.05 Å². The summed E-state index contributed by atoms with van der Waals surface area (Å²) in [7, 11) is 1.63. The third kappa shape index (κ3) is 2.90. The van der Waals surface area contributed by atoms with Gasteiger partial charge in [-0.05, 0) is 12.0 Å². The molecule has 100 valence electrons. The van der Waals surface area contributed by atoms with Gasteiger partial charge in [-0.25, -0.2) is 0 Å². The highest BCUT2D eigenvalue weighted by molar-refractivity contribution is 6.03. The zero-order chi connectivity index (χ0) is 14.0. The van der Waals surface area contributed by atoms with E-state index in [0.29, 0.717) is 17.3 Å². The van der Waals surface area contributed by atoms with Crippen LogP contribution in [0.5, 0.6) is 0 Å². The lowest BCUT2D eigenvalue weighted by atomic mass is 10.1. The van der Waals surface area contributed by atoms with Gasteiger partial charge in [-0.1, -0.05) is 13.8 Å². The number of carbonyl (C=O) groups excluding carboxylic acids is 1. The second kappa shape index (κ2) is 5.09. The number of aromatic nitrogens is 3. The largest absolute Gasteiger partial charge is 0.319 e. The molecule has 19 heavy (non-hydrogen) atoms. The first-order chi connectivity index (χ1) is 8.97. The van der Waals surface area contributed by atoms with E-state index in [1.165, 1.54) is 10.6 Å². The van der Waals surface area contributed by atoms with Gasteiger partial charge >= 0.3 is 0 Å². The second-order valence-corrected chi connectivity index (χ2v) is 4.68. The molecule has 1 amide bonds. The number of aromatic amines is 1.